The van der Waals surface area contributed by atoms with Gasteiger partial charge in [0.15, 0.2) is 0 Å². The van der Waals surface area contributed by atoms with Crippen molar-refractivity contribution in [2.75, 3.05) is 12.4 Å². The molecule has 0 aliphatic carbocycles. The van der Waals surface area contributed by atoms with Crippen LogP contribution in [0.2, 0.25) is 0 Å². The zero-order chi connectivity index (χ0) is 13.2. The van der Waals surface area contributed by atoms with Crippen LogP contribution in [0.4, 0.5) is 5.69 Å². The first kappa shape index (κ1) is 12.1. The summed E-state index contributed by atoms with van der Waals surface area (Å²) in [5.41, 5.74) is 3.05. The Kier molecular flexibility index (Phi) is 3.13. The molecule has 0 saturated carbocycles. The van der Waals surface area contributed by atoms with Crippen LogP contribution in [0.25, 0.3) is 0 Å². The lowest BCUT2D eigenvalue weighted by Crippen LogP contribution is -2.21. The number of benzene rings is 2. The summed E-state index contributed by atoms with van der Waals surface area (Å²) in [6, 6.07) is 15.9. The molecule has 0 bridgehead atoms. The Labute approximate surface area is 112 Å². The highest BCUT2D eigenvalue weighted by molar-refractivity contribution is 5.57. The lowest BCUT2D eigenvalue weighted by atomic mass is 9.91. The molecule has 0 spiro atoms. The maximum atomic E-state index is 10.3. The zero-order valence-electron chi connectivity index (χ0n) is 10.8. The third-order valence-electron chi connectivity index (χ3n) is 3.62. The van der Waals surface area contributed by atoms with Gasteiger partial charge in [-0.25, -0.2) is 0 Å². The van der Waals surface area contributed by atoms with Gasteiger partial charge in [-0.1, -0.05) is 36.4 Å². The first-order chi connectivity index (χ1) is 9.29. The lowest BCUT2D eigenvalue weighted by molar-refractivity contribution is 0.155. The van der Waals surface area contributed by atoms with Gasteiger partial charge < -0.3 is 15.2 Å². The number of rotatable bonds is 2. The number of hydrogen-bond acceptors (Lipinski definition) is 3. The topological polar surface area (TPSA) is 41.5 Å². The first-order valence-electron chi connectivity index (χ1n) is 6.46. The highest BCUT2D eigenvalue weighted by Crippen LogP contribution is 2.40. The summed E-state index contributed by atoms with van der Waals surface area (Å²) >= 11 is 0. The molecule has 2 N–H and O–H groups in total. The normalized spacial score (nSPS) is 21.4. The van der Waals surface area contributed by atoms with Crippen LogP contribution >= 0.6 is 0 Å². The monoisotopic (exact) mass is 255 g/mol. The first-order valence-corrected chi connectivity index (χ1v) is 6.46. The predicted molar refractivity (Wildman–Crippen MR) is 75.4 cm³/mol. The zero-order valence-corrected chi connectivity index (χ0v) is 10.8. The van der Waals surface area contributed by atoms with Crippen molar-refractivity contribution in [3.63, 3.8) is 0 Å². The Balaban J connectivity index is 1.97. The van der Waals surface area contributed by atoms with E-state index < -0.39 is 6.10 Å². The van der Waals surface area contributed by atoms with E-state index in [4.69, 9.17) is 4.74 Å². The minimum Gasteiger partial charge on any atom is -0.496 e. The molecular formula is C16H17NO2. The second-order valence-electron chi connectivity index (χ2n) is 4.78. The Morgan fingerprint density at radius 3 is 2.53 bits per heavy atom. The van der Waals surface area contributed by atoms with Crippen LogP contribution < -0.4 is 10.1 Å². The van der Waals surface area contributed by atoms with E-state index in [1.165, 1.54) is 0 Å². The molecule has 3 rings (SSSR count). The van der Waals surface area contributed by atoms with E-state index in [1.807, 2.05) is 48.5 Å². The smallest absolute Gasteiger partial charge is 0.124 e. The molecule has 0 unspecified atom stereocenters. The predicted octanol–water partition coefficient (Wildman–Crippen LogP) is 3.29. The summed E-state index contributed by atoms with van der Waals surface area (Å²) < 4.78 is 5.40. The maximum absolute atomic E-state index is 10.3. The molecule has 1 aliphatic heterocycles. The summed E-state index contributed by atoms with van der Waals surface area (Å²) in [6.07, 6.45) is 0.213. The molecule has 3 nitrogen and oxygen atoms in total. The van der Waals surface area contributed by atoms with Gasteiger partial charge in [-0.05, 0) is 12.1 Å². The van der Waals surface area contributed by atoms with Crippen LogP contribution in [-0.4, -0.2) is 12.2 Å². The fourth-order valence-corrected chi connectivity index (χ4v) is 2.67. The number of aliphatic hydroxyl groups is 1. The number of nitrogens with one attached hydrogen (secondary N) is 1. The number of aliphatic hydroxyl groups excluding tert-OH is 1. The van der Waals surface area contributed by atoms with E-state index in [0.29, 0.717) is 6.42 Å². The molecule has 2 atom stereocenters. The molecule has 0 radical (unpaired) electrons. The number of ether oxygens (including phenoxy) is 1. The van der Waals surface area contributed by atoms with Crippen LogP contribution in [-0.2, 0) is 0 Å². The molecule has 1 aliphatic rings. The number of anilines is 1. The molecule has 0 amide bonds. The second-order valence-corrected chi connectivity index (χ2v) is 4.78. The number of para-hydroxylation sites is 2. The lowest BCUT2D eigenvalue weighted by Gasteiger charge is -2.31. The standard InChI is InChI=1S/C16H17NO2/c1-19-16-9-5-3-7-12(16)14-10-15(18)11-6-2-4-8-13(11)17-14/h2-9,14-15,17-18H,10H2,1H3/t14-,15+/m0/s1. The van der Waals surface area contributed by atoms with Crippen molar-refractivity contribution in [2.24, 2.45) is 0 Å². The van der Waals surface area contributed by atoms with Crippen LogP contribution in [0.1, 0.15) is 29.7 Å². The minimum absolute atomic E-state index is 0.0704. The number of methoxy groups -OCH3 is 1. The Morgan fingerprint density at radius 1 is 1.05 bits per heavy atom. The molecule has 19 heavy (non-hydrogen) atoms. The fraction of sp³-hybridized carbons (Fsp3) is 0.250. The van der Waals surface area contributed by atoms with Gasteiger partial charge in [-0.15, -0.1) is 0 Å². The number of fused-ring (bicyclic) bond motifs is 1. The van der Waals surface area contributed by atoms with Gasteiger partial charge in [0.25, 0.3) is 0 Å². The quantitative estimate of drug-likeness (QED) is 0.865. The van der Waals surface area contributed by atoms with Crippen molar-refractivity contribution in [1.29, 1.82) is 0 Å². The van der Waals surface area contributed by atoms with Gasteiger partial charge in [0.1, 0.15) is 5.75 Å². The van der Waals surface area contributed by atoms with Crippen LogP contribution in [0, 0.1) is 0 Å². The third kappa shape index (κ3) is 2.17. The Hall–Kier alpha value is -2.00. The SMILES string of the molecule is COc1ccccc1[C@@H]1C[C@@H](O)c2ccccc2N1. The highest BCUT2D eigenvalue weighted by Gasteiger charge is 2.27. The van der Waals surface area contributed by atoms with Gasteiger partial charge >= 0.3 is 0 Å². The van der Waals surface area contributed by atoms with Crippen LogP contribution in [0.3, 0.4) is 0 Å². The molecule has 0 aromatic heterocycles. The molecule has 0 saturated heterocycles. The average molecular weight is 255 g/mol. The van der Waals surface area contributed by atoms with Crippen molar-refractivity contribution in [1.82, 2.24) is 0 Å². The molecule has 2 aromatic carbocycles. The van der Waals surface area contributed by atoms with Crippen molar-refractivity contribution in [3.8, 4) is 5.75 Å². The van der Waals surface area contributed by atoms with Crippen molar-refractivity contribution < 1.29 is 9.84 Å². The Bertz CT molecular complexity index is 582. The van der Waals surface area contributed by atoms with Gasteiger partial charge in [0.05, 0.1) is 19.3 Å². The third-order valence-corrected chi connectivity index (χ3v) is 3.62. The van der Waals surface area contributed by atoms with E-state index in [9.17, 15) is 5.11 Å². The van der Waals surface area contributed by atoms with E-state index in [1.54, 1.807) is 7.11 Å². The summed E-state index contributed by atoms with van der Waals surface area (Å²) in [7, 11) is 1.67. The second kappa shape index (κ2) is 4.94. The van der Waals surface area contributed by atoms with E-state index in [2.05, 4.69) is 5.32 Å². The molecule has 0 fully saturated rings. The summed E-state index contributed by atoms with van der Waals surface area (Å²) in [6.45, 7) is 0. The summed E-state index contributed by atoms with van der Waals surface area (Å²) in [5.74, 6) is 0.853. The summed E-state index contributed by atoms with van der Waals surface area (Å²) in [5, 5.41) is 13.8. The van der Waals surface area contributed by atoms with Crippen LogP contribution in [0.5, 0.6) is 5.75 Å². The largest absolute Gasteiger partial charge is 0.496 e. The van der Waals surface area contributed by atoms with Crippen LogP contribution in [0.15, 0.2) is 48.5 Å². The molecular weight excluding hydrogens is 238 g/mol. The van der Waals surface area contributed by atoms with Crippen molar-refractivity contribution in [3.05, 3.63) is 59.7 Å². The minimum atomic E-state index is -0.438. The molecule has 3 heteroatoms. The van der Waals surface area contributed by atoms with E-state index in [0.717, 1.165) is 22.6 Å². The van der Waals surface area contributed by atoms with Gasteiger partial charge in [-0.2, -0.15) is 0 Å². The Morgan fingerprint density at radius 2 is 1.74 bits per heavy atom. The van der Waals surface area contributed by atoms with E-state index in [-0.39, 0.29) is 6.04 Å². The average Bonchev–Trinajstić information content (AvgIpc) is 2.47. The number of hydrogen-bond donors (Lipinski definition) is 2. The van der Waals surface area contributed by atoms with E-state index >= 15 is 0 Å². The molecule has 1 heterocycles. The van der Waals surface area contributed by atoms with Gasteiger partial charge in [0, 0.05) is 23.2 Å². The maximum Gasteiger partial charge on any atom is 0.124 e. The van der Waals surface area contributed by atoms with Gasteiger partial charge in [-0.3, -0.25) is 0 Å². The van der Waals surface area contributed by atoms with Gasteiger partial charge in [0.2, 0.25) is 0 Å². The molecule has 2 aromatic rings. The fourth-order valence-electron chi connectivity index (χ4n) is 2.67. The molecule has 98 valence electrons. The summed E-state index contributed by atoms with van der Waals surface area (Å²) in [4.78, 5) is 0. The van der Waals surface area contributed by atoms with Crippen molar-refractivity contribution >= 4 is 5.69 Å². The van der Waals surface area contributed by atoms with Crippen molar-refractivity contribution in [2.45, 2.75) is 18.6 Å². The highest BCUT2D eigenvalue weighted by atomic mass is 16.5.